The molecule has 1 rings (SSSR count). The van der Waals surface area contributed by atoms with Crippen LogP contribution < -0.4 is 10.6 Å². The molecule has 304 valence electrons. The Morgan fingerprint density at radius 1 is 0.642 bits per heavy atom. The van der Waals surface area contributed by atoms with Crippen LogP contribution in [-0.4, -0.2) is 176 Å². The smallest absolute Gasteiger partial charge is 0.306 e. The molecule has 0 saturated heterocycles. The molecule has 0 bridgehead atoms. The molecule has 1 atom stereocenters. The zero-order valence-corrected chi connectivity index (χ0v) is 31.1. The summed E-state index contributed by atoms with van der Waals surface area (Å²) in [6, 6.07) is -1.11. The summed E-state index contributed by atoms with van der Waals surface area (Å²) in [4.78, 5) is 72.2. The largest absolute Gasteiger partial charge is 0.481 e. The van der Waals surface area contributed by atoms with Gasteiger partial charge in [0.25, 0.3) is 11.8 Å². The number of carbonyl (C=O) groups excluding carboxylic acids is 5. The number of amides is 4. The lowest BCUT2D eigenvalue weighted by atomic mass is 10.1. The van der Waals surface area contributed by atoms with Crippen LogP contribution in [0.25, 0.3) is 0 Å². The Kier molecular flexibility index (Phi) is 26.7. The number of aliphatic carboxylic acids is 1. The Bertz CT molecular complexity index is 1100. The Morgan fingerprint density at radius 3 is 1.43 bits per heavy atom. The highest BCUT2D eigenvalue weighted by Gasteiger charge is 2.29. The fourth-order valence-electron chi connectivity index (χ4n) is 4.06. The number of esters is 1. The monoisotopic (exact) mass is 763 g/mol. The molecule has 1 heterocycles. The van der Waals surface area contributed by atoms with Gasteiger partial charge in [-0.25, -0.2) is 0 Å². The van der Waals surface area contributed by atoms with Crippen molar-refractivity contribution in [1.29, 1.82) is 0 Å². The molecular weight excluding hydrogens is 706 g/mol. The molecule has 0 spiro atoms. The van der Waals surface area contributed by atoms with Gasteiger partial charge in [-0.15, -0.1) is 0 Å². The second-order valence-corrected chi connectivity index (χ2v) is 12.2. The van der Waals surface area contributed by atoms with Crippen molar-refractivity contribution in [3.8, 4) is 0 Å². The summed E-state index contributed by atoms with van der Waals surface area (Å²) in [5, 5.41) is 13.6. The van der Waals surface area contributed by atoms with Crippen molar-refractivity contribution in [3.05, 3.63) is 12.2 Å². The molecule has 1 aliphatic rings. The molecule has 1 aliphatic heterocycles. The predicted molar refractivity (Wildman–Crippen MR) is 185 cm³/mol. The number of imide groups is 1. The van der Waals surface area contributed by atoms with Crippen molar-refractivity contribution in [1.82, 2.24) is 15.5 Å². The molecule has 19 nitrogen and oxygen atoms in total. The Balaban J connectivity index is 2.01. The van der Waals surface area contributed by atoms with Crippen LogP contribution in [0.3, 0.4) is 0 Å². The van der Waals surface area contributed by atoms with Gasteiger partial charge in [-0.2, -0.15) is 0 Å². The van der Waals surface area contributed by atoms with Gasteiger partial charge < -0.3 is 58.4 Å². The average Bonchev–Trinajstić information content (AvgIpc) is 3.40. The Hall–Kier alpha value is -3.56. The summed E-state index contributed by atoms with van der Waals surface area (Å²) in [5.74, 6) is -3.99. The van der Waals surface area contributed by atoms with Gasteiger partial charge in [-0.05, 0) is 27.2 Å². The molecule has 4 amide bonds. The van der Waals surface area contributed by atoms with Gasteiger partial charge in [0.2, 0.25) is 11.8 Å². The highest BCUT2D eigenvalue weighted by atomic mass is 16.6. The number of ether oxygens (including phenoxy) is 9. The van der Waals surface area contributed by atoms with Gasteiger partial charge >= 0.3 is 11.9 Å². The second-order valence-electron chi connectivity index (χ2n) is 12.2. The molecule has 0 fully saturated rings. The molecule has 0 aromatic rings. The topological polar surface area (TPSA) is 233 Å². The van der Waals surface area contributed by atoms with E-state index in [4.69, 9.17) is 47.7 Å². The summed E-state index contributed by atoms with van der Waals surface area (Å²) < 4.78 is 48.3. The summed E-state index contributed by atoms with van der Waals surface area (Å²) >= 11 is 0. The van der Waals surface area contributed by atoms with Crippen LogP contribution in [0.4, 0.5) is 0 Å². The zero-order chi connectivity index (χ0) is 39.2. The van der Waals surface area contributed by atoms with Crippen molar-refractivity contribution in [2.75, 3.05) is 119 Å². The standard InChI is InChI=1S/C34H57N3O16/c1-34(2,3)53-32(43)7-4-27(36-28(38)26-37-29(39)5-6-30(37)40)33(44)35-9-11-46-13-15-48-17-19-50-21-23-52-25-24-51-22-20-49-18-16-47-14-12-45-10-8-31(41)42/h5-6,27H,4,7-26H2,1-3H3,(H,35,44)(H,36,38)(H,41,42)/t27-/m0/s1. The number of rotatable bonds is 34. The number of nitrogens with zero attached hydrogens (tertiary/aromatic N) is 1. The normalized spacial score (nSPS) is 13.4. The fourth-order valence-corrected chi connectivity index (χ4v) is 4.06. The third-order valence-electron chi connectivity index (χ3n) is 6.52. The Labute approximate surface area is 310 Å². The third-order valence-corrected chi connectivity index (χ3v) is 6.52. The number of nitrogens with one attached hydrogen (secondary N) is 2. The van der Waals surface area contributed by atoms with Gasteiger partial charge in [0, 0.05) is 25.1 Å². The quantitative estimate of drug-likeness (QED) is 0.0415. The molecule has 0 aromatic carbocycles. The van der Waals surface area contributed by atoms with E-state index in [1.54, 1.807) is 20.8 Å². The summed E-state index contributed by atoms with van der Waals surface area (Å²) in [7, 11) is 0. The molecule has 3 N–H and O–H groups in total. The summed E-state index contributed by atoms with van der Waals surface area (Å²) in [6.45, 7) is 10.4. The van der Waals surface area contributed by atoms with Gasteiger partial charge in [0.05, 0.1) is 112 Å². The molecule has 0 saturated carbocycles. The second kappa shape index (κ2) is 29.8. The van der Waals surface area contributed by atoms with Gasteiger partial charge in [0.1, 0.15) is 18.2 Å². The lowest BCUT2D eigenvalue weighted by molar-refractivity contribution is -0.155. The van der Waals surface area contributed by atoms with E-state index >= 15 is 0 Å². The van der Waals surface area contributed by atoms with Crippen LogP contribution in [0.2, 0.25) is 0 Å². The van der Waals surface area contributed by atoms with Crippen LogP contribution in [0.15, 0.2) is 12.2 Å². The van der Waals surface area contributed by atoms with E-state index in [1.807, 2.05) is 0 Å². The molecule has 19 heteroatoms. The van der Waals surface area contributed by atoms with Crippen LogP contribution in [0.1, 0.15) is 40.0 Å². The lowest BCUT2D eigenvalue weighted by Gasteiger charge is -2.22. The SMILES string of the molecule is CC(C)(C)OC(=O)CC[C@H](NC(=O)CN1C(=O)C=CC1=O)C(=O)NCCOCCOCCOCCOCCOCCOCCOCCOCCC(=O)O. The molecule has 0 unspecified atom stereocenters. The first-order valence-electron chi connectivity index (χ1n) is 17.5. The zero-order valence-electron chi connectivity index (χ0n) is 31.1. The molecule has 0 aliphatic carbocycles. The summed E-state index contributed by atoms with van der Waals surface area (Å²) in [5.41, 5.74) is -0.718. The van der Waals surface area contributed by atoms with Gasteiger partial charge in [-0.3, -0.25) is 33.7 Å². The van der Waals surface area contributed by atoms with Gasteiger partial charge in [0.15, 0.2) is 0 Å². The van der Waals surface area contributed by atoms with Gasteiger partial charge in [-0.1, -0.05) is 0 Å². The van der Waals surface area contributed by atoms with Crippen LogP contribution in [0, 0.1) is 0 Å². The number of carbonyl (C=O) groups is 6. The number of hydrogen-bond acceptors (Lipinski definition) is 15. The highest BCUT2D eigenvalue weighted by molar-refractivity contribution is 6.14. The van der Waals surface area contributed by atoms with Crippen LogP contribution >= 0.6 is 0 Å². The van der Waals surface area contributed by atoms with E-state index in [0.717, 1.165) is 17.1 Å². The molecular formula is C34H57N3O16. The van der Waals surface area contributed by atoms with Crippen molar-refractivity contribution in [2.45, 2.75) is 51.7 Å². The molecule has 53 heavy (non-hydrogen) atoms. The predicted octanol–water partition coefficient (Wildman–Crippen LogP) is -0.758. The third kappa shape index (κ3) is 27.7. The minimum atomic E-state index is -1.11. The van der Waals surface area contributed by atoms with E-state index < -0.39 is 53.8 Å². The first-order valence-corrected chi connectivity index (χ1v) is 17.5. The number of carboxylic acid groups (broad SMARTS) is 1. The van der Waals surface area contributed by atoms with Crippen molar-refractivity contribution in [2.24, 2.45) is 0 Å². The summed E-state index contributed by atoms with van der Waals surface area (Å²) in [6.07, 6.45) is 1.88. The first-order chi connectivity index (χ1) is 25.4. The Morgan fingerprint density at radius 2 is 1.04 bits per heavy atom. The minimum absolute atomic E-state index is 0.0254. The molecule has 0 radical (unpaired) electrons. The van der Waals surface area contributed by atoms with E-state index in [-0.39, 0.29) is 45.6 Å². The molecule has 0 aromatic heterocycles. The highest BCUT2D eigenvalue weighted by Crippen LogP contribution is 2.11. The lowest BCUT2D eigenvalue weighted by Crippen LogP contribution is -2.51. The van der Waals surface area contributed by atoms with E-state index in [1.165, 1.54) is 0 Å². The van der Waals surface area contributed by atoms with Crippen LogP contribution in [0.5, 0.6) is 0 Å². The first kappa shape index (κ1) is 47.5. The minimum Gasteiger partial charge on any atom is -0.481 e. The van der Waals surface area contributed by atoms with Crippen molar-refractivity contribution < 1.29 is 76.5 Å². The maximum absolute atomic E-state index is 12.8. The average molecular weight is 764 g/mol. The number of carboxylic acids is 1. The van der Waals surface area contributed by atoms with Crippen molar-refractivity contribution >= 4 is 35.6 Å². The van der Waals surface area contributed by atoms with E-state index in [2.05, 4.69) is 10.6 Å². The van der Waals surface area contributed by atoms with E-state index in [0.29, 0.717) is 85.9 Å². The maximum Gasteiger partial charge on any atom is 0.306 e. The van der Waals surface area contributed by atoms with Crippen LogP contribution in [-0.2, 0) is 71.4 Å². The number of hydrogen-bond donors (Lipinski definition) is 3. The van der Waals surface area contributed by atoms with Crippen molar-refractivity contribution in [3.63, 3.8) is 0 Å². The fraction of sp³-hybridized carbons (Fsp3) is 0.765. The maximum atomic E-state index is 12.8. The van der Waals surface area contributed by atoms with E-state index in [9.17, 15) is 28.8 Å².